The Kier molecular flexibility index (Phi) is 5.65. The molecule has 0 unspecified atom stereocenters. The average molecular weight is 476 g/mol. The molecule has 162 valence electrons. The van der Waals surface area contributed by atoms with Gasteiger partial charge in [0.2, 0.25) is 5.96 Å². The van der Waals surface area contributed by atoms with Gasteiger partial charge in [0, 0.05) is 6.20 Å². The first-order chi connectivity index (χ1) is 15.3. The van der Waals surface area contributed by atoms with Crippen molar-refractivity contribution in [2.24, 2.45) is 4.99 Å². The third-order valence-electron chi connectivity index (χ3n) is 4.32. The van der Waals surface area contributed by atoms with Crippen molar-refractivity contribution in [3.8, 4) is 17.6 Å². The summed E-state index contributed by atoms with van der Waals surface area (Å²) in [7, 11) is -4.44. The normalized spacial score (nSPS) is 15.2. The zero-order valence-electron chi connectivity index (χ0n) is 15.9. The maximum Gasteiger partial charge on any atom is 0.269 e. The summed E-state index contributed by atoms with van der Waals surface area (Å²) in [6, 6.07) is 11.4. The van der Waals surface area contributed by atoms with Crippen molar-refractivity contribution in [3.05, 3.63) is 76.6 Å². The number of aliphatic imine (C=N–C) groups is 1. The number of hydrogen-bond acceptors (Lipinski definition) is 6. The Labute approximate surface area is 186 Å². The number of para-hydroxylation sites is 1. The molecule has 1 aliphatic rings. The van der Waals surface area contributed by atoms with Crippen LogP contribution in [0, 0.1) is 23.0 Å². The number of halogens is 3. The van der Waals surface area contributed by atoms with E-state index in [-0.39, 0.29) is 46.0 Å². The van der Waals surface area contributed by atoms with Crippen LogP contribution in [0.25, 0.3) is 0 Å². The second-order valence-electron chi connectivity index (χ2n) is 6.41. The molecule has 0 atom stereocenters. The minimum Gasteiger partial charge on any atom is -0.452 e. The third-order valence-corrected chi connectivity index (χ3v) is 6.03. The maximum absolute atomic E-state index is 14.7. The number of aromatic nitrogens is 1. The van der Waals surface area contributed by atoms with Crippen LogP contribution in [0.2, 0.25) is 5.02 Å². The Morgan fingerprint density at radius 3 is 2.69 bits per heavy atom. The highest BCUT2D eigenvalue weighted by Gasteiger charge is 2.35. The van der Waals surface area contributed by atoms with Crippen LogP contribution in [0.1, 0.15) is 11.3 Å². The van der Waals surface area contributed by atoms with Gasteiger partial charge in [-0.2, -0.15) is 5.26 Å². The number of hydrogen-bond donors (Lipinski definition) is 2. The third kappa shape index (κ3) is 4.05. The number of anilines is 1. The standard InChI is InChI=1S/C20H12ClF2N5O3S/c21-12-4-1-2-6-16(12)31-18-11(9-24)8-14(23)19-17(18)27-20(28-32(19,29)30)26-10-15-13(22)5-3-7-25-15/h1-8H,10H2,(H2,26,27,28). The van der Waals surface area contributed by atoms with Crippen LogP contribution in [0.4, 0.5) is 14.5 Å². The molecule has 12 heteroatoms. The van der Waals surface area contributed by atoms with Gasteiger partial charge >= 0.3 is 0 Å². The number of ether oxygens (including phenoxy) is 1. The van der Waals surface area contributed by atoms with E-state index in [1.54, 1.807) is 18.2 Å². The topological polar surface area (TPSA) is 116 Å². The number of sulfonamides is 1. The maximum atomic E-state index is 14.7. The van der Waals surface area contributed by atoms with Gasteiger partial charge in [-0.1, -0.05) is 23.7 Å². The highest BCUT2D eigenvalue weighted by atomic mass is 35.5. The van der Waals surface area contributed by atoms with E-state index in [2.05, 4.69) is 20.0 Å². The first kappa shape index (κ1) is 21.5. The Hall–Kier alpha value is -3.75. The fourth-order valence-electron chi connectivity index (χ4n) is 2.90. The first-order valence-electron chi connectivity index (χ1n) is 8.93. The number of guanidine groups is 1. The van der Waals surface area contributed by atoms with Gasteiger partial charge in [-0.05, 0) is 30.3 Å². The second kappa shape index (κ2) is 8.41. The van der Waals surface area contributed by atoms with Gasteiger partial charge in [0.1, 0.15) is 29.1 Å². The Morgan fingerprint density at radius 1 is 1.19 bits per heavy atom. The lowest BCUT2D eigenvalue weighted by molar-refractivity contribution is 0.477. The van der Waals surface area contributed by atoms with Gasteiger partial charge in [-0.25, -0.2) is 26.9 Å². The molecule has 2 N–H and O–H groups in total. The predicted molar refractivity (Wildman–Crippen MR) is 112 cm³/mol. The molecule has 1 aliphatic heterocycles. The summed E-state index contributed by atoms with van der Waals surface area (Å²) in [4.78, 5) is 7.06. The molecule has 4 rings (SSSR count). The highest BCUT2D eigenvalue weighted by molar-refractivity contribution is 7.90. The lowest BCUT2D eigenvalue weighted by Gasteiger charge is -2.25. The zero-order chi connectivity index (χ0) is 22.9. The predicted octanol–water partition coefficient (Wildman–Crippen LogP) is 3.94. The summed E-state index contributed by atoms with van der Waals surface area (Å²) in [6.07, 6.45) is 1.36. The molecule has 0 radical (unpaired) electrons. The monoisotopic (exact) mass is 475 g/mol. The molecule has 0 bridgehead atoms. The molecular weight excluding hydrogens is 464 g/mol. The van der Waals surface area contributed by atoms with Crippen LogP contribution in [0.15, 0.2) is 58.5 Å². The largest absolute Gasteiger partial charge is 0.452 e. The van der Waals surface area contributed by atoms with Crippen molar-refractivity contribution in [2.75, 3.05) is 5.32 Å². The first-order valence-corrected chi connectivity index (χ1v) is 10.8. The number of nitrogens with zero attached hydrogens (tertiary/aromatic N) is 3. The zero-order valence-corrected chi connectivity index (χ0v) is 17.5. The van der Waals surface area contributed by atoms with Crippen molar-refractivity contribution < 1.29 is 21.9 Å². The van der Waals surface area contributed by atoms with E-state index in [0.717, 1.165) is 6.07 Å². The number of rotatable bonds is 4. The molecule has 0 fully saturated rings. The minimum absolute atomic E-state index is 0.0312. The quantitative estimate of drug-likeness (QED) is 0.590. The molecule has 0 spiro atoms. The van der Waals surface area contributed by atoms with E-state index in [0.29, 0.717) is 0 Å². The SMILES string of the molecule is N#Cc1cc(F)c2c(c1Oc1ccccc1Cl)NC(=NCc1ncccc1F)NS2(=O)=O. The average Bonchev–Trinajstić information content (AvgIpc) is 2.75. The van der Waals surface area contributed by atoms with E-state index in [1.165, 1.54) is 30.5 Å². The summed E-state index contributed by atoms with van der Waals surface area (Å²) in [5.74, 6) is -2.28. The van der Waals surface area contributed by atoms with Gasteiger partial charge in [0.25, 0.3) is 10.0 Å². The number of nitrogens with one attached hydrogen (secondary N) is 2. The molecule has 0 amide bonds. The lowest BCUT2D eigenvalue weighted by Crippen LogP contribution is -2.41. The van der Waals surface area contributed by atoms with Gasteiger partial charge in [-0.3, -0.25) is 4.98 Å². The molecule has 0 saturated carbocycles. The van der Waals surface area contributed by atoms with E-state index in [9.17, 15) is 22.5 Å². The molecule has 3 aromatic rings. The molecule has 8 nitrogen and oxygen atoms in total. The highest BCUT2D eigenvalue weighted by Crippen LogP contribution is 2.42. The summed E-state index contributed by atoms with van der Waals surface area (Å²) in [5.41, 5.74) is -0.655. The van der Waals surface area contributed by atoms with Crippen molar-refractivity contribution in [1.82, 2.24) is 9.71 Å². The molecule has 2 heterocycles. The van der Waals surface area contributed by atoms with Gasteiger partial charge in [0.15, 0.2) is 10.6 Å². The number of nitriles is 1. The molecule has 0 aliphatic carbocycles. The number of benzene rings is 2. The van der Waals surface area contributed by atoms with Crippen molar-refractivity contribution in [3.63, 3.8) is 0 Å². The molecule has 32 heavy (non-hydrogen) atoms. The van der Waals surface area contributed by atoms with E-state index in [1.807, 2.05) is 0 Å². The van der Waals surface area contributed by atoms with Crippen LogP contribution < -0.4 is 14.8 Å². The van der Waals surface area contributed by atoms with E-state index in [4.69, 9.17) is 16.3 Å². The van der Waals surface area contributed by atoms with Crippen LogP contribution in [-0.4, -0.2) is 19.4 Å². The van der Waals surface area contributed by atoms with Crippen LogP contribution in [0.3, 0.4) is 0 Å². The fraction of sp³-hybridized carbons (Fsp3) is 0.0500. The van der Waals surface area contributed by atoms with E-state index >= 15 is 0 Å². The summed E-state index contributed by atoms with van der Waals surface area (Å²) in [6.45, 7) is -0.312. The number of pyridine rings is 1. The number of fused-ring (bicyclic) bond motifs is 1. The fourth-order valence-corrected chi connectivity index (χ4v) is 4.28. The smallest absolute Gasteiger partial charge is 0.269 e. The summed E-state index contributed by atoms with van der Waals surface area (Å²) >= 11 is 6.10. The van der Waals surface area contributed by atoms with Gasteiger partial charge in [-0.15, -0.1) is 0 Å². The Bertz CT molecular complexity index is 1410. The van der Waals surface area contributed by atoms with Crippen molar-refractivity contribution >= 4 is 33.3 Å². The lowest BCUT2D eigenvalue weighted by atomic mass is 10.1. The van der Waals surface area contributed by atoms with Crippen LogP contribution >= 0.6 is 11.6 Å². The van der Waals surface area contributed by atoms with E-state index < -0.39 is 26.6 Å². The van der Waals surface area contributed by atoms with Crippen molar-refractivity contribution in [2.45, 2.75) is 11.4 Å². The van der Waals surface area contributed by atoms with Crippen LogP contribution in [0.5, 0.6) is 11.5 Å². The second-order valence-corrected chi connectivity index (χ2v) is 8.44. The summed E-state index contributed by atoms with van der Waals surface area (Å²) < 4.78 is 61.7. The minimum atomic E-state index is -4.44. The molecule has 1 aromatic heterocycles. The summed E-state index contributed by atoms with van der Waals surface area (Å²) in [5, 5.41) is 12.3. The van der Waals surface area contributed by atoms with Crippen molar-refractivity contribution in [1.29, 1.82) is 5.26 Å². The van der Waals surface area contributed by atoms with Gasteiger partial charge < -0.3 is 10.1 Å². The van der Waals surface area contributed by atoms with Gasteiger partial charge in [0.05, 0.1) is 22.8 Å². The van der Waals surface area contributed by atoms with Crippen LogP contribution in [-0.2, 0) is 16.6 Å². The molecule has 2 aromatic carbocycles. The Morgan fingerprint density at radius 2 is 1.97 bits per heavy atom. The Balaban J connectivity index is 1.82. The molecular formula is C20H12ClF2N5O3S. The molecule has 0 saturated heterocycles.